The summed E-state index contributed by atoms with van der Waals surface area (Å²) >= 11 is 0. The van der Waals surface area contributed by atoms with E-state index in [0.717, 1.165) is 0 Å². The van der Waals surface area contributed by atoms with Crippen molar-refractivity contribution in [2.45, 2.75) is 19.9 Å². The Morgan fingerprint density at radius 3 is 2.35 bits per heavy atom. The predicted octanol–water partition coefficient (Wildman–Crippen LogP) is 1.81. The summed E-state index contributed by atoms with van der Waals surface area (Å²) < 4.78 is 1.52. The fraction of sp³-hybridized carbons (Fsp3) is 0.214. The Bertz CT molecular complexity index is 760. The highest BCUT2D eigenvalue weighted by molar-refractivity contribution is 6.03. The Morgan fingerprint density at radius 1 is 1.15 bits per heavy atom. The standard InChI is InChI=1S/C14H13NO5/c1-2-6-15-7-10(14(19)20)12(16)8-4-3-5-9(11(8)15)13(17)18/h3-5,7H,2,6H2,1H3,(H,17,18)(H,19,20). The van der Waals surface area contributed by atoms with E-state index in [1.807, 2.05) is 6.92 Å². The van der Waals surface area contributed by atoms with Crippen LogP contribution in [0.15, 0.2) is 29.2 Å². The summed E-state index contributed by atoms with van der Waals surface area (Å²) in [6, 6.07) is 4.29. The van der Waals surface area contributed by atoms with Gasteiger partial charge in [0.2, 0.25) is 5.43 Å². The van der Waals surface area contributed by atoms with Crippen LogP contribution in [0.2, 0.25) is 0 Å². The molecule has 0 aliphatic rings. The van der Waals surface area contributed by atoms with Gasteiger partial charge >= 0.3 is 11.9 Å². The zero-order chi connectivity index (χ0) is 14.9. The van der Waals surface area contributed by atoms with Gasteiger partial charge in [0.1, 0.15) is 5.56 Å². The van der Waals surface area contributed by atoms with Gasteiger partial charge in [-0.1, -0.05) is 13.0 Å². The van der Waals surface area contributed by atoms with Crippen molar-refractivity contribution in [3.63, 3.8) is 0 Å². The SMILES string of the molecule is CCCn1cc(C(=O)O)c(=O)c2cccc(C(=O)O)c21. The molecule has 0 aliphatic carbocycles. The number of nitrogens with zero attached hydrogens (tertiary/aromatic N) is 1. The van der Waals surface area contributed by atoms with E-state index < -0.39 is 17.4 Å². The second kappa shape index (κ2) is 5.16. The molecule has 0 saturated carbocycles. The number of benzene rings is 1. The molecule has 0 unspecified atom stereocenters. The lowest BCUT2D eigenvalue weighted by Gasteiger charge is -2.13. The molecular formula is C14H13NO5. The van der Waals surface area contributed by atoms with Crippen molar-refractivity contribution in [1.29, 1.82) is 0 Å². The average molecular weight is 275 g/mol. The quantitative estimate of drug-likeness (QED) is 0.887. The first-order chi connectivity index (χ1) is 9.47. The van der Waals surface area contributed by atoms with E-state index in [-0.39, 0.29) is 22.0 Å². The van der Waals surface area contributed by atoms with Gasteiger partial charge in [0.25, 0.3) is 0 Å². The molecule has 0 bridgehead atoms. The molecule has 2 rings (SSSR count). The third-order valence-electron chi connectivity index (χ3n) is 3.02. The molecule has 0 radical (unpaired) electrons. The number of aryl methyl sites for hydroxylation is 1. The molecule has 2 N–H and O–H groups in total. The first kappa shape index (κ1) is 13.8. The predicted molar refractivity (Wildman–Crippen MR) is 72.4 cm³/mol. The van der Waals surface area contributed by atoms with Crippen molar-refractivity contribution < 1.29 is 19.8 Å². The van der Waals surface area contributed by atoms with E-state index in [9.17, 15) is 19.5 Å². The molecule has 1 heterocycles. The Kier molecular flexibility index (Phi) is 3.56. The highest BCUT2D eigenvalue weighted by Gasteiger charge is 2.18. The second-order valence-electron chi connectivity index (χ2n) is 4.38. The normalized spacial score (nSPS) is 10.7. The van der Waals surface area contributed by atoms with Crippen molar-refractivity contribution in [3.8, 4) is 0 Å². The number of carbonyl (C=O) groups is 2. The minimum Gasteiger partial charge on any atom is -0.478 e. The fourth-order valence-corrected chi connectivity index (χ4v) is 2.20. The molecule has 20 heavy (non-hydrogen) atoms. The number of hydrogen-bond donors (Lipinski definition) is 2. The van der Waals surface area contributed by atoms with Gasteiger partial charge in [-0.3, -0.25) is 4.79 Å². The molecule has 0 atom stereocenters. The maximum atomic E-state index is 12.1. The second-order valence-corrected chi connectivity index (χ2v) is 4.38. The smallest absolute Gasteiger partial charge is 0.341 e. The van der Waals surface area contributed by atoms with E-state index in [1.54, 1.807) is 0 Å². The number of hydrogen-bond acceptors (Lipinski definition) is 3. The first-order valence-electron chi connectivity index (χ1n) is 6.10. The number of rotatable bonds is 4. The van der Waals surface area contributed by atoms with Crippen LogP contribution in [0.4, 0.5) is 0 Å². The lowest BCUT2D eigenvalue weighted by molar-refractivity contribution is 0.0687. The monoisotopic (exact) mass is 275 g/mol. The molecule has 1 aromatic carbocycles. The molecule has 0 spiro atoms. The fourth-order valence-electron chi connectivity index (χ4n) is 2.20. The zero-order valence-corrected chi connectivity index (χ0v) is 10.8. The summed E-state index contributed by atoms with van der Waals surface area (Å²) in [6.07, 6.45) is 1.90. The Labute approximate surface area is 113 Å². The zero-order valence-electron chi connectivity index (χ0n) is 10.8. The van der Waals surface area contributed by atoms with Crippen molar-refractivity contribution >= 4 is 22.8 Å². The van der Waals surface area contributed by atoms with Gasteiger partial charge in [-0.25, -0.2) is 9.59 Å². The lowest BCUT2D eigenvalue weighted by atomic mass is 10.1. The van der Waals surface area contributed by atoms with Gasteiger partial charge in [-0.15, -0.1) is 0 Å². The summed E-state index contributed by atoms with van der Waals surface area (Å²) in [6.45, 7) is 2.31. The summed E-state index contributed by atoms with van der Waals surface area (Å²) in [5.41, 5.74) is -0.765. The number of para-hydroxylation sites is 1. The maximum absolute atomic E-state index is 12.1. The van der Waals surface area contributed by atoms with Crippen molar-refractivity contribution in [1.82, 2.24) is 4.57 Å². The molecule has 0 amide bonds. The molecule has 0 fully saturated rings. The van der Waals surface area contributed by atoms with Gasteiger partial charge in [0.15, 0.2) is 0 Å². The molecule has 0 aliphatic heterocycles. The van der Waals surface area contributed by atoms with Gasteiger partial charge < -0.3 is 14.8 Å². The van der Waals surface area contributed by atoms with Crippen LogP contribution in [0.5, 0.6) is 0 Å². The average Bonchev–Trinajstić information content (AvgIpc) is 2.41. The van der Waals surface area contributed by atoms with Crippen LogP contribution in [-0.4, -0.2) is 26.7 Å². The van der Waals surface area contributed by atoms with Crippen LogP contribution in [0.1, 0.15) is 34.1 Å². The Hall–Kier alpha value is -2.63. The molecule has 0 saturated heterocycles. The summed E-state index contributed by atoms with van der Waals surface area (Å²) in [5.74, 6) is -2.47. The molecule has 104 valence electrons. The number of carboxylic acid groups (broad SMARTS) is 2. The van der Waals surface area contributed by atoms with Crippen LogP contribution in [0.3, 0.4) is 0 Å². The van der Waals surface area contributed by atoms with Gasteiger partial charge in [0.05, 0.1) is 11.1 Å². The van der Waals surface area contributed by atoms with Crippen LogP contribution < -0.4 is 5.43 Å². The first-order valence-corrected chi connectivity index (χ1v) is 6.10. The van der Waals surface area contributed by atoms with Gasteiger partial charge in [-0.2, -0.15) is 0 Å². The van der Waals surface area contributed by atoms with Gasteiger partial charge in [0, 0.05) is 18.1 Å². The minimum absolute atomic E-state index is 0.00927. The van der Waals surface area contributed by atoms with Gasteiger partial charge in [-0.05, 0) is 18.6 Å². The summed E-state index contributed by atoms with van der Waals surface area (Å²) in [5, 5.41) is 18.4. The number of carboxylic acids is 2. The molecule has 2 aromatic rings. The van der Waals surface area contributed by atoms with E-state index in [1.165, 1.54) is 29.0 Å². The van der Waals surface area contributed by atoms with E-state index in [4.69, 9.17) is 5.11 Å². The topological polar surface area (TPSA) is 96.6 Å². The van der Waals surface area contributed by atoms with Crippen molar-refractivity contribution in [2.24, 2.45) is 0 Å². The largest absolute Gasteiger partial charge is 0.478 e. The third-order valence-corrected chi connectivity index (χ3v) is 3.02. The Morgan fingerprint density at radius 2 is 1.80 bits per heavy atom. The summed E-state index contributed by atoms with van der Waals surface area (Å²) in [4.78, 5) is 34.5. The molecule has 1 aromatic heterocycles. The van der Waals surface area contributed by atoms with Crippen molar-refractivity contribution in [3.05, 3.63) is 45.7 Å². The third kappa shape index (κ3) is 2.16. The lowest BCUT2D eigenvalue weighted by Crippen LogP contribution is -2.20. The van der Waals surface area contributed by atoms with Crippen LogP contribution in [0.25, 0.3) is 10.9 Å². The van der Waals surface area contributed by atoms with E-state index in [0.29, 0.717) is 13.0 Å². The highest BCUT2D eigenvalue weighted by Crippen LogP contribution is 2.18. The van der Waals surface area contributed by atoms with Crippen LogP contribution >= 0.6 is 0 Å². The van der Waals surface area contributed by atoms with Crippen molar-refractivity contribution in [2.75, 3.05) is 0 Å². The minimum atomic E-state index is -1.32. The number of aromatic carboxylic acids is 2. The number of aromatic nitrogens is 1. The van der Waals surface area contributed by atoms with E-state index in [2.05, 4.69) is 0 Å². The molecule has 6 heteroatoms. The number of fused-ring (bicyclic) bond motifs is 1. The molecular weight excluding hydrogens is 262 g/mol. The number of pyridine rings is 1. The maximum Gasteiger partial charge on any atom is 0.341 e. The van der Waals surface area contributed by atoms with Crippen LogP contribution in [-0.2, 0) is 6.54 Å². The van der Waals surface area contributed by atoms with E-state index >= 15 is 0 Å². The highest BCUT2D eigenvalue weighted by atomic mass is 16.4. The Balaban J connectivity index is 2.97. The summed E-state index contributed by atoms with van der Waals surface area (Å²) in [7, 11) is 0. The molecule has 6 nitrogen and oxygen atoms in total. The van der Waals surface area contributed by atoms with Crippen LogP contribution in [0, 0.1) is 0 Å².